The van der Waals surface area contributed by atoms with Crippen LogP contribution in [0.1, 0.15) is 0 Å². The minimum absolute atomic E-state index is 0. The molecule has 0 saturated carbocycles. The van der Waals surface area contributed by atoms with Crippen molar-refractivity contribution in [3.05, 3.63) is 18.7 Å². The van der Waals surface area contributed by atoms with Gasteiger partial charge in [-0.05, 0) is 7.05 Å². The fraction of sp³-hybridized carbons (Fsp3) is 0.250. The molecule has 0 bridgehead atoms. The second-order valence-electron chi connectivity index (χ2n) is 1.14. The van der Waals surface area contributed by atoms with Gasteiger partial charge in [0.05, 0.1) is 0 Å². The molecule has 0 aliphatic rings. The van der Waals surface area contributed by atoms with Gasteiger partial charge >= 0.3 is 18.9 Å². The van der Waals surface area contributed by atoms with Gasteiger partial charge in [0.25, 0.3) is 0 Å². The number of nitrogens with zero attached hydrogens (tertiary/aromatic N) is 2. The first kappa shape index (κ1) is 11.0. The summed E-state index contributed by atoms with van der Waals surface area (Å²) in [5.41, 5.74) is 0. The molecular weight excluding hydrogens is 118 g/mol. The molecule has 8 heavy (non-hydrogen) atoms. The summed E-state index contributed by atoms with van der Waals surface area (Å²) in [6.45, 7) is 0. The molecule has 40 valence electrons. The van der Waals surface area contributed by atoms with Crippen LogP contribution in [0.3, 0.4) is 0 Å². The second kappa shape index (κ2) is 5.24. The molecule has 0 fully saturated rings. The first-order valence-electron chi connectivity index (χ1n) is 1.74. The third kappa shape index (κ3) is 3.15. The Kier molecular flexibility index (Phi) is 7.18. The van der Waals surface area contributed by atoms with E-state index in [4.69, 9.17) is 0 Å². The summed E-state index contributed by atoms with van der Waals surface area (Å²) in [7, 11) is 1.88. The Bertz CT molecular complexity index is 118. The summed E-state index contributed by atoms with van der Waals surface area (Å²) in [6, 6.07) is 0. The van der Waals surface area contributed by atoms with Crippen LogP contribution in [0.5, 0.6) is 0 Å². The molecule has 4 heteroatoms. The predicted molar refractivity (Wildman–Crippen MR) is 29.3 cm³/mol. The topological polar surface area (TPSA) is 17.8 Å². The van der Waals surface area contributed by atoms with E-state index in [2.05, 4.69) is 11.3 Å². The molecule has 0 saturated heterocycles. The van der Waals surface area contributed by atoms with E-state index in [1.807, 2.05) is 13.2 Å². The van der Waals surface area contributed by atoms with Crippen molar-refractivity contribution in [2.24, 2.45) is 7.05 Å². The second-order valence-corrected chi connectivity index (χ2v) is 1.14. The molecule has 0 amide bonds. The molecule has 0 N–H and O–H groups in total. The van der Waals surface area contributed by atoms with Crippen molar-refractivity contribution < 1.29 is 18.9 Å². The smallest absolute Gasteiger partial charge is 0.457 e. The molecule has 0 radical (unpaired) electrons. The maximum atomic E-state index is 3.66. The zero-order valence-corrected chi connectivity index (χ0v) is 5.77. The van der Waals surface area contributed by atoms with E-state index < -0.39 is 0 Å². The zero-order valence-electron chi connectivity index (χ0n) is 4.96. The van der Waals surface area contributed by atoms with Crippen LogP contribution in [0.2, 0.25) is 0 Å². The molecule has 0 aromatic carbocycles. The Morgan fingerprint density at radius 1 is 1.62 bits per heavy atom. The Morgan fingerprint density at radius 3 is 2.38 bits per heavy atom. The predicted octanol–water partition coefficient (Wildman–Crippen LogP) is -2.35. The third-order valence-electron chi connectivity index (χ3n) is 0.580. The summed E-state index contributed by atoms with van der Waals surface area (Å²) in [5, 5.41) is 0. The van der Waals surface area contributed by atoms with Crippen molar-refractivity contribution in [1.29, 1.82) is 0 Å². The van der Waals surface area contributed by atoms with Gasteiger partial charge in [-0.2, -0.15) is 0 Å². The Morgan fingerprint density at radius 2 is 2.25 bits per heavy atom. The summed E-state index contributed by atoms with van der Waals surface area (Å²) in [6.07, 6.45) is 6.19. The molecule has 0 aliphatic carbocycles. The van der Waals surface area contributed by atoms with Gasteiger partial charge in [0.15, 0.2) is 0 Å². The SMILES string of the molecule is Cl.Cn1[c-]ncc1.[Li+]. The fourth-order valence-electron chi connectivity index (χ4n) is 0.291. The van der Waals surface area contributed by atoms with Crippen molar-refractivity contribution >= 4 is 12.4 Å². The van der Waals surface area contributed by atoms with E-state index in [1.54, 1.807) is 10.8 Å². The van der Waals surface area contributed by atoms with Crippen molar-refractivity contribution in [3.8, 4) is 0 Å². The van der Waals surface area contributed by atoms with Crippen molar-refractivity contribution in [2.45, 2.75) is 0 Å². The van der Waals surface area contributed by atoms with E-state index >= 15 is 0 Å². The minimum atomic E-state index is 0. The monoisotopic (exact) mass is 124 g/mol. The first-order chi connectivity index (χ1) is 2.89. The molecule has 0 spiro atoms. The van der Waals surface area contributed by atoms with Crippen LogP contribution >= 0.6 is 12.4 Å². The Hall–Kier alpha value is 0.0974. The van der Waals surface area contributed by atoms with Gasteiger partial charge in [-0.3, -0.25) is 0 Å². The van der Waals surface area contributed by atoms with Crippen molar-refractivity contribution in [1.82, 2.24) is 9.55 Å². The van der Waals surface area contributed by atoms with Crippen LogP contribution in [-0.4, -0.2) is 9.55 Å². The quantitative estimate of drug-likeness (QED) is 0.280. The summed E-state index contributed by atoms with van der Waals surface area (Å²) < 4.78 is 1.76. The number of hydrogen-bond donors (Lipinski definition) is 0. The number of hydrogen-bond acceptors (Lipinski definition) is 1. The van der Waals surface area contributed by atoms with Gasteiger partial charge in [0, 0.05) is 6.33 Å². The van der Waals surface area contributed by atoms with Gasteiger partial charge in [0.1, 0.15) is 0 Å². The minimum Gasteiger partial charge on any atom is -0.457 e. The first-order valence-corrected chi connectivity index (χ1v) is 1.74. The maximum Gasteiger partial charge on any atom is 1.00 e. The number of rotatable bonds is 0. The van der Waals surface area contributed by atoms with Gasteiger partial charge < -0.3 is 9.55 Å². The molecule has 1 aromatic rings. The van der Waals surface area contributed by atoms with Gasteiger partial charge in [-0.15, -0.1) is 24.8 Å². The van der Waals surface area contributed by atoms with E-state index in [0.717, 1.165) is 0 Å². The van der Waals surface area contributed by atoms with Gasteiger partial charge in [0.2, 0.25) is 0 Å². The maximum absolute atomic E-state index is 3.66. The van der Waals surface area contributed by atoms with Crippen LogP contribution in [0.15, 0.2) is 12.4 Å². The molecule has 0 unspecified atom stereocenters. The summed E-state index contributed by atoms with van der Waals surface area (Å²) >= 11 is 0. The van der Waals surface area contributed by atoms with E-state index in [1.165, 1.54) is 0 Å². The number of halogens is 1. The van der Waals surface area contributed by atoms with Crippen LogP contribution in [-0.2, 0) is 7.05 Å². The average molecular weight is 124 g/mol. The zero-order chi connectivity index (χ0) is 4.41. The molecular formula is C4H6ClLiN2. The van der Waals surface area contributed by atoms with Crippen LogP contribution < -0.4 is 18.9 Å². The van der Waals surface area contributed by atoms with E-state index in [0.29, 0.717) is 0 Å². The van der Waals surface area contributed by atoms with E-state index in [9.17, 15) is 0 Å². The van der Waals surface area contributed by atoms with Crippen LogP contribution in [0.25, 0.3) is 0 Å². The molecule has 0 atom stereocenters. The van der Waals surface area contributed by atoms with Crippen LogP contribution in [0, 0.1) is 6.33 Å². The molecule has 1 aromatic heterocycles. The normalized spacial score (nSPS) is 6.62. The third-order valence-corrected chi connectivity index (χ3v) is 0.580. The van der Waals surface area contributed by atoms with Gasteiger partial charge in [-0.25, -0.2) is 0 Å². The number of imidazole rings is 1. The standard InChI is InChI=1S/C4H5N2.ClH.Li/c1-6-3-2-5-4-6;;/h2-3H,1H3;1H;/q-1;;+1. The number of aryl methyl sites for hydroxylation is 1. The van der Waals surface area contributed by atoms with E-state index in [-0.39, 0.29) is 31.3 Å². The van der Waals surface area contributed by atoms with Crippen LogP contribution in [0.4, 0.5) is 0 Å². The Labute approximate surface area is 66.9 Å². The molecule has 2 nitrogen and oxygen atoms in total. The Balaban J connectivity index is 0. The summed E-state index contributed by atoms with van der Waals surface area (Å²) in [5.74, 6) is 0. The number of aromatic nitrogens is 2. The molecule has 1 rings (SSSR count). The molecule has 1 heterocycles. The van der Waals surface area contributed by atoms with Gasteiger partial charge in [-0.1, -0.05) is 0 Å². The molecule has 0 aliphatic heterocycles. The fourth-order valence-corrected chi connectivity index (χ4v) is 0.291. The summed E-state index contributed by atoms with van der Waals surface area (Å²) in [4.78, 5) is 3.66. The largest absolute Gasteiger partial charge is 1.00 e. The van der Waals surface area contributed by atoms with Crippen molar-refractivity contribution in [2.75, 3.05) is 0 Å². The van der Waals surface area contributed by atoms with Crippen molar-refractivity contribution in [3.63, 3.8) is 0 Å². The average Bonchev–Trinajstić information content (AvgIpc) is 1.86.